The minimum Gasteiger partial charge on any atom is -0.493 e. The summed E-state index contributed by atoms with van der Waals surface area (Å²) in [6, 6.07) is 8.28. The van der Waals surface area contributed by atoms with E-state index in [-0.39, 0.29) is 19.1 Å². The lowest BCUT2D eigenvalue weighted by molar-refractivity contribution is -0.139. The second kappa shape index (κ2) is 11.5. The third-order valence-corrected chi connectivity index (χ3v) is 4.49. The first-order chi connectivity index (χ1) is 15.6. The number of carbonyl (C=O) groups excluding carboxylic acids is 3. The molecule has 1 aromatic heterocycles. The van der Waals surface area contributed by atoms with Crippen molar-refractivity contribution in [1.82, 2.24) is 15.6 Å². The lowest BCUT2D eigenvalue weighted by atomic mass is 10.2. The Bertz CT molecular complexity index is 953. The predicted octanol–water partition coefficient (Wildman–Crippen LogP) is 0.292. The number of hydrogen-bond acceptors (Lipinski definition) is 8. The second-order valence-electron chi connectivity index (χ2n) is 6.65. The van der Waals surface area contributed by atoms with Crippen LogP contribution in [-0.2, 0) is 25.7 Å². The molecule has 3 rings (SSSR count). The third-order valence-electron chi connectivity index (χ3n) is 4.49. The number of carbonyl (C=O) groups is 3. The van der Waals surface area contributed by atoms with E-state index in [1.807, 2.05) is 0 Å². The van der Waals surface area contributed by atoms with Crippen molar-refractivity contribution < 1.29 is 33.0 Å². The maximum Gasteiger partial charge on any atom is 0.329 e. The maximum absolute atomic E-state index is 12.2. The van der Waals surface area contributed by atoms with E-state index in [1.54, 1.807) is 35.2 Å². The zero-order valence-electron chi connectivity index (χ0n) is 17.5. The molecule has 1 aliphatic rings. The second-order valence-corrected chi connectivity index (χ2v) is 6.65. The molecule has 0 saturated carbocycles. The molecule has 11 nitrogen and oxygen atoms in total. The molecule has 3 amide bonds. The van der Waals surface area contributed by atoms with Crippen LogP contribution in [0.3, 0.4) is 0 Å². The quantitative estimate of drug-likeness (QED) is 0.340. The Morgan fingerprint density at radius 3 is 2.69 bits per heavy atom. The number of nitrogens with zero attached hydrogens (tertiary/aromatic N) is 2. The van der Waals surface area contributed by atoms with Crippen molar-refractivity contribution in [3.8, 4) is 11.5 Å². The fraction of sp³-hybridized carbons (Fsp3) is 0.333. The normalized spacial score (nSPS) is 13.6. The topological polar surface area (TPSA) is 132 Å². The fourth-order valence-corrected chi connectivity index (χ4v) is 2.80. The Labute approximate surface area is 184 Å². The maximum atomic E-state index is 12.2. The highest BCUT2D eigenvalue weighted by Crippen LogP contribution is 2.27. The van der Waals surface area contributed by atoms with Gasteiger partial charge in [-0.05, 0) is 35.9 Å². The third kappa shape index (κ3) is 6.57. The number of hydrogen-bond donors (Lipinski definition) is 2. The molecular weight excluding hydrogens is 420 g/mol. The molecule has 0 unspecified atom stereocenters. The van der Waals surface area contributed by atoms with Gasteiger partial charge in [-0.15, -0.1) is 0 Å². The molecular formula is C21H24N4O7. The van der Waals surface area contributed by atoms with Crippen molar-refractivity contribution in [3.05, 3.63) is 47.9 Å². The van der Waals surface area contributed by atoms with Gasteiger partial charge in [0.1, 0.15) is 5.76 Å². The van der Waals surface area contributed by atoms with E-state index in [0.717, 1.165) is 0 Å². The van der Waals surface area contributed by atoms with Gasteiger partial charge >= 0.3 is 11.8 Å². The number of morpholine rings is 1. The van der Waals surface area contributed by atoms with Crippen molar-refractivity contribution in [2.45, 2.75) is 6.54 Å². The molecule has 0 bridgehead atoms. The first-order valence-corrected chi connectivity index (χ1v) is 9.87. The van der Waals surface area contributed by atoms with Crippen LogP contribution in [0.15, 0.2) is 46.1 Å². The van der Waals surface area contributed by atoms with Crippen molar-refractivity contribution >= 4 is 23.9 Å². The number of amides is 3. The number of benzene rings is 1. The minimum atomic E-state index is -0.915. The van der Waals surface area contributed by atoms with Crippen LogP contribution >= 0.6 is 0 Å². The zero-order chi connectivity index (χ0) is 22.8. The van der Waals surface area contributed by atoms with E-state index in [1.165, 1.54) is 19.6 Å². The molecule has 2 N–H and O–H groups in total. The lowest BCUT2D eigenvalue weighted by Crippen LogP contribution is -2.43. The molecule has 2 heterocycles. The molecule has 1 saturated heterocycles. The number of furan rings is 1. The average molecular weight is 444 g/mol. The molecule has 11 heteroatoms. The molecule has 32 heavy (non-hydrogen) atoms. The van der Waals surface area contributed by atoms with Gasteiger partial charge in [-0.1, -0.05) is 0 Å². The molecule has 1 fully saturated rings. The molecule has 1 aromatic carbocycles. The SMILES string of the molecule is COc1cc(/C=N\NC(=O)C(=O)NCc2ccco2)ccc1OCC(=O)N1CCOCC1. The van der Waals surface area contributed by atoms with Gasteiger partial charge in [-0.2, -0.15) is 5.10 Å². The molecule has 0 spiro atoms. The number of hydrazone groups is 1. The lowest BCUT2D eigenvalue weighted by Gasteiger charge is -2.26. The van der Waals surface area contributed by atoms with Crippen LogP contribution in [0.5, 0.6) is 11.5 Å². The van der Waals surface area contributed by atoms with Gasteiger partial charge in [0.15, 0.2) is 18.1 Å². The summed E-state index contributed by atoms with van der Waals surface area (Å²) in [5, 5.41) is 6.18. The standard InChI is InChI=1S/C21H24N4O7/c1-29-18-11-15(4-5-17(18)32-14-19(26)25-6-9-30-10-7-25)12-23-24-21(28)20(27)22-13-16-3-2-8-31-16/h2-5,8,11-12H,6-7,9-10,13-14H2,1H3,(H,22,27)(H,24,28)/b23-12-. The van der Waals surface area contributed by atoms with E-state index in [4.69, 9.17) is 18.6 Å². The Morgan fingerprint density at radius 2 is 1.97 bits per heavy atom. The van der Waals surface area contributed by atoms with Gasteiger partial charge in [0.25, 0.3) is 5.91 Å². The highest BCUT2D eigenvalue weighted by atomic mass is 16.5. The van der Waals surface area contributed by atoms with Gasteiger partial charge in [0, 0.05) is 13.1 Å². The summed E-state index contributed by atoms with van der Waals surface area (Å²) >= 11 is 0. The van der Waals surface area contributed by atoms with E-state index in [0.29, 0.717) is 49.1 Å². The van der Waals surface area contributed by atoms with Crippen LogP contribution in [-0.4, -0.2) is 68.9 Å². The van der Waals surface area contributed by atoms with Crippen molar-refractivity contribution in [1.29, 1.82) is 0 Å². The van der Waals surface area contributed by atoms with Gasteiger partial charge in [0.2, 0.25) is 0 Å². The molecule has 1 aliphatic heterocycles. The number of nitrogens with one attached hydrogen (secondary N) is 2. The summed E-state index contributed by atoms with van der Waals surface area (Å²) in [6.07, 6.45) is 2.82. The highest BCUT2D eigenvalue weighted by Gasteiger charge is 2.18. The summed E-state index contributed by atoms with van der Waals surface area (Å²) in [6.45, 7) is 2.10. The predicted molar refractivity (Wildman–Crippen MR) is 112 cm³/mol. The smallest absolute Gasteiger partial charge is 0.329 e. The van der Waals surface area contributed by atoms with Gasteiger partial charge in [-0.3, -0.25) is 14.4 Å². The monoisotopic (exact) mass is 444 g/mol. The Balaban J connectivity index is 1.48. The summed E-state index contributed by atoms with van der Waals surface area (Å²) in [4.78, 5) is 37.4. The summed E-state index contributed by atoms with van der Waals surface area (Å²) in [5.74, 6) is -0.574. The summed E-state index contributed by atoms with van der Waals surface area (Å²) in [5.41, 5.74) is 2.73. The van der Waals surface area contributed by atoms with Gasteiger partial charge in [-0.25, -0.2) is 5.43 Å². The molecule has 2 aromatic rings. The number of methoxy groups -OCH3 is 1. The zero-order valence-corrected chi connectivity index (χ0v) is 17.5. The van der Waals surface area contributed by atoms with Crippen LogP contribution in [0.1, 0.15) is 11.3 Å². The Kier molecular flexibility index (Phi) is 8.21. The van der Waals surface area contributed by atoms with Crippen molar-refractivity contribution in [3.63, 3.8) is 0 Å². The molecule has 0 aliphatic carbocycles. The van der Waals surface area contributed by atoms with Crippen molar-refractivity contribution in [2.24, 2.45) is 5.10 Å². The minimum absolute atomic E-state index is 0.0929. The first kappa shape index (κ1) is 22.8. The van der Waals surface area contributed by atoms with E-state index in [9.17, 15) is 14.4 Å². The number of rotatable bonds is 8. The summed E-state index contributed by atoms with van der Waals surface area (Å²) in [7, 11) is 1.47. The molecule has 0 radical (unpaired) electrons. The van der Waals surface area contributed by atoms with Crippen LogP contribution in [0, 0.1) is 0 Å². The van der Waals surface area contributed by atoms with Gasteiger partial charge in [0.05, 0.1) is 39.3 Å². The van der Waals surface area contributed by atoms with Crippen LogP contribution in [0.2, 0.25) is 0 Å². The number of ether oxygens (including phenoxy) is 3. The van der Waals surface area contributed by atoms with Gasteiger partial charge < -0.3 is 28.8 Å². The largest absolute Gasteiger partial charge is 0.493 e. The molecule has 0 atom stereocenters. The summed E-state index contributed by atoms with van der Waals surface area (Å²) < 4.78 is 21.2. The fourth-order valence-electron chi connectivity index (χ4n) is 2.80. The van der Waals surface area contributed by atoms with Crippen LogP contribution < -0.4 is 20.2 Å². The first-order valence-electron chi connectivity index (χ1n) is 9.87. The highest BCUT2D eigenvalue weighted by molar-refractivity contribution is 6.35. The van der Waals surface area contributed by atoms with Crippen LogP contribution in [0.25, 0.3) is 0 Å². The van der Waals surface area contributed by atoms with E-state index >= 15 is 0 Å². The van der Waals surface area contributed by atoms with Crippen molar-refractivity contribution in [2.75, 3.05) is 40.0 Å². The van der Waals surface area contributed by atoms with E-state index in [2.05, 4.69) is 15.8 Å². The Hall–Kier alpha value is -3.86. The van der Waals surface area contributed by atoms with Crippen LogP contribution in [0.4, 0.5) is 0 Å². The Morgan fingerprint density at radius 1 is 1.16 bits per heavy atom. The molecule has 170 valence electrons. The average Bonchev–Trinajstić information content (AvgIpc) is 3.35. The van der Waals surface area contributed by atoms with E-state index < -0.39 is 11.8 Å².